The average Bonchev–Trinajstić information content (AvgIpc) is 2.97. The monoisotopic (exact) mass is 330 g/mol. The quantitative estimate of drug-likeness (QED) is 0.802. The molecule has 2 aromatic rings. The molecule has 0 bridgehead atoms. The Labute approximate surface area is 128 Å². The molecule has 4 nitrogen and oxygen atoms in total. The third-order valence-electron chi connectivity index (χ3n) is 2.84. The highest BCUT2D eigenvalue weighted by Gasteiger charge is 2.30. The van der Waals surface area contributed by atoms with Gasteiger partial charge in [-0.05, 0) is 35.2 Å². The first-order valence-corrected chi connectivity index (χ1v) is 7.18. The van der Waals surface area contributed by atoms with Crippen molar-refractivity contribution >= 4 is 22.4 Å². The molecule has 1 atom stereocenters. The van der Waals surface area contributed by atoms with Crippen LogP contribution in [0.3, 0.4) is 0 Å². The molecule has 8 heteroatoms. The summed E-state index contributed by atoms with van der Waals surface area (Å²) in [6.45, 7) is -0.109. The molecule has 1 heterocycles. The molecule has 2 amide bonds. The van der Waals surface area contributed by atoms with Crippen LogP contribution in [0.1, 0.15) is 17.2 Å². The highest BCUT2D eigenvalue weighted by molar-refractivity contribution is 7.14. The molecule has 0 spiro atoms. The number of hydrogen-bond acceptors (Lipinski definition) is 3. The fourth-order valence-electron chi connectivity index (χ4n) is 1.71. The molecular formula is C14H13F3N2O2S. The third kappa shape index (κ3) is 4.47. The van der Waals surface area contributed by atoms with E-state index in [0.29, 0.717) is 10.6 Å². The maximum absolute atomic E-state index is 12.4. The van der Waals surface area contributed by atoms with Crippen molar-refractivity contribution in [2.45, 2.75) is 12.3 Å². The number of urea groups is 1. The van der Waals surface area contributed by atoms with Gasteiger partial charge in [0.05, 0.1) is 16.7 Å². The topological polar surface area (TPSA) is 61.4 Å². The number of carbonyl (C=O) groups is 1. The van der Waals surface area contributed by atoms with Crippen molar-refractivity contribution in [3.63, 3.8) is 0 Å². The Kier molecular flexibility index (Phi) is 5.04. The summed E-state index contributed by atoms with van der Waals surface area (Å²) < 4.78 is 37.3. The fourth-order valence-corrected chi connectivity index (χ4v) is 2.32. The van der Waals surface area contributed by atoms with E-state index >= 15 is 0 Å². The number of benzene rings is 1. The lowest BCUT2D eigenvalue weighted by atomic mass is 10.1. The second kappa shape index (κ2) is 6.80. The molecule has 0 aliphatic heterocycles. The minimum Gasteiger partial charge on any atom is -0.387 e. The van der Waals surface area contributed by atoms with E-state index in [1.54, 1.807) is 17.5 Å². The number of aliphatic hydroxyl groups is 1. The predicted molar refractivity (Wildman–Crippen MR) is 77.7 cm³/mol. The van der Waals surface area contributed by atoms with E-state index in [4.69, 9.17) is 0 Å². The van der Waals surface area contributed by atoms with Crippen LogP contribution >= 0.6 is 11.3 Å². The maximum Gasteiger partial charge on any atom is 0.416 e. The number of nitrogens with one attached hydrogen (secondary N) is 2. The van der Waals surface area contributed by atoms with Crippen LogP contribution in [0, 0.1) is 0 Å². The summed E-state index contributed by atoms with van der Waals surface area (Å²) in [7, 11) is 0. The Balaban J connectivity index is 1.86. The second-order valence-electron chi connectivity index (χ2n) is 4.45. The van der Waals surface area contributed by atoms with Gasteiger partial charge in [0.15, 0.2) is 0 Å². The summed E-state index contributed by atoms with van der Waals surface area (Å²) in [6.07, 6.45) is -5.50. The van der Waals surface area contributed by atoms with Gasteiger partial charge in [-0.25, -0.2) is 4.79 Å². The van der Waals surface area contributed by atoms with Crippen LogP contribution in [-0.4, -0.2) is 17.7 Å². The molecule has 0 unspecified atom stereocenters. The van der Waals surface area contributed by atoms with E-state index in [-0.39, 0.29) is 6.54 Å². The number of rotatable bonds is 4. The molecule has 2 rings (SSSR count). The zero-order valence-electron chi connectivity index (χ0n) is 11.2. The minimum atomic E-state index is -4.41. The second-order valence-corrected chi connectivity index (χ2v) is 5.40. The summed E-state index contributed by atoms with van der Waals surface area (Å²) in [4.78, 5) is 11.6. The van der Waals surface area contributed by atoms with Crippen LogP contribution < -0.4 is 10.6 Å². The Morgan fingerprint density at radius 2 is 1.91 bits per heavy atom. The Morgan fingerprint density at radius 3 is 2.45 bits per heavy atom. The van der Waals surface area contributed by atoms with Crippen molar-refractivity contribution in [3.8, 4) is 0 Å². The largest absolute Gasteiger partial charge is 0.416 e. The molecule has 0 saturated heterocycles. The first kappa shape index (κ1) is 16.3. The number of carbonyl (C=O) groups excluding carboxylic acids is 1. The van der Waals surface area contributed by atoms with Gasteiger partial charge in [0.1, 0.15) is 0 Å². The Hall–Kier alpha value is -2.06. The average molecular weight is 330 g/mol. The van der Waals surface area contributed by atoms with Crippen molar-refractivity contribution in [2.75, 3.05) is 11.9 Å². The summed E-state index contributed by atoms with van der Waals surface area (Å²) in [5.74, 6) is 0. The molecule has 3 N–H and O–H groups in total. The molecule has 118 valence electrons. The SMILES string of the molecule is O=C(NC[C@H](O)c1ccc(C(F)(F)F)cc1)Nc1cccs1. The minimum absolute atomic E-state index is 0.109. The number of halogens is 3. The molecule has 0 aliphatic rings. The van der Waals surface area contributed by atoms with Crippen LogP contribution in [0.15, 0.2) is 41.8 Å². The lowest BCUT2D eigenvalue weighted by molar-refractivity contribution is -0.137. The first-order chi connectivity index (χ1) is 10.4. The summed E-state index contributed by atoms with van der Waals surface area (Å²) in [5, 5.41) is 17.3. The Bertz CT molecular complexity index is 612. The Morgan fingerprint density at radius 1 is 1.23 bits per heavy atom. The number of alkyl halides is 3. The molecule has 0 aliphatic carbocycles. The summed E-state index contributed by atoms with van der Waals surface area (Å²) in [6, 6.07) is 7.16. The van der Waals surface area contributed by atoms with E-state index in [0.717, 1.165) is 12.1 Å². The summed E-state index contributed by atoms with van der Waals surface area (Å²) in [5.41, 5.74) is -0.490. The van der Waals surface area contributed by atoms with Crippen molar-refractivity contribution in [3.05, 3.63) is 52.9 Å². The van der Waals surface area contributed by atoms with Crippen LogP contribution in [0.2, 0.25) is 0 Å². The molecule has 22 heavy (non-hydrogen) atoms. The number of aliphatic hydroxyl groups excluding tert-OH is 1. The number of anilines is 1. The normalized spacial score (nSPS) is 12.7. The van der Waals surface area contributed by atoms with Gasteiger partial charge >= 0.3 is 12.2 Å². The van der Waals surface area contributed by atoms with Crippen LogP contribution in [-0.2, 0) is 6.18 Å². The van der Waals surface area contributed by atoms with Crippen molar-refractivity contribution in [1.29, 1.82) is 0 Å². The molecule has 1 aromatic carbocycles. The molecule has 0 radical (unpaired) electrons. The van der Waals surface area contributed by atoms with Crippen LogP contribution in [0.25, 0.3) is 0 Å². The van der Waals surface area contributed by atoms with Gasteiger partial charge in [-0.1, -0.05) is 12.1 Å². The zero-order chi connectivity index (χ0) is 16.2. The van der Waals surface area contributed by atoms with Gasteiger partial charge in [-0.2, -0.15) is 13.2 Å². The highest BCUT2D eigenvalue weighted by atomic mass is 32.1. The van der Waals surface area contributed by atoms with E-state index in [1.807, 2.05) is 0 Å². The van der Waals surface area contributed by atoms with Crippen molar-refractivity contribution in [2.24, 2.45) is 0 Å². The van der Waals surface area contributed by atoms with Gasteiger partial charge in [0.2, 0.25) is 0 Å². The molecule has 1 aromatic heterocycles. The van der Waals surface area contributed by atoms with Crippen molar-refractivity contribution < 1.29 is 23.1 Å². The van der Waals surface area contributed by atoms with E-state index in [2.05, 4.69) is 10.6 Å². The van der Waals surface area contributed by atoms with Crippen LogP contribution in [0.5, 0.6) is 0 Å². The number of amides is 2. The predicted octanol–water partition coefficient (Wildman–Crippen LogP) is 3.62. The smallest absolute Gasteiger partial charge is 0.387 e. The van der Waals surface area contributed by atoms with Crippen LogP contribution in [0.4, 0.5) is 23.0 Å². The summed E-state index contributed by atoms with van der Waals surface area (Å²) >= 11 is 1.34. The molecule has 0 fully saturated rings. The van der Waals surface area contributed by atoms with Gasteiger partial charge in [0, 0.05) is 6.54 Å². The maximum atomic E-state index is 12.4. The van der Waals surface area contributed by atoms with E-state index < -0.39 is 23.9 Å². The zero-order valence-corrected chi connectivity index (χ0v) is 12.0. The van der Waals surface area contributed by atoms with Gasteiger partial charge in [-0.3, -0.25) is 5.32 Å². The van der Waals surface area contributed by atoms with Gasteiger partial charge < -0.3 is 10.4 Å². The fraction of sp³-hybridized carbons (Fsp3) is 0.214. The van der Waals surface area contributed by atoms with Gasteiger partial charge in [-0.15, -0.1) is 11.3 Å². The lowest BCUT2D eigenvalue weighted by Crippen LogP contribution is -2.32. The molecule has 0 saturated carbocycles. The van der Waals surface area contributed by atoms with E-state index in [1.165, 1.54) is 23.5 Å². The van der Waals surface area contributed by atoms with Gasteiger partial charge in [0.25, 0.3) is 0 Å². The van der Waals surface area contributed by atoms with E-state index in [9.17, 15) is 23.1 Å². The molecular weight excluding hydrogens is 317 g/mol. The third-order valence-corrected chi connectivity index (χ3v) is 3.62. The number of hydrogen-bond donors (Lipinski definition) is 3. The standard InChI is InChI=1S/C14H13F3N2O2S/c15-14(16,17)10-5-3-9(4-6-10)11(20)8-18-13(21)19-12-2-1-7-22-12/h1-7,11,20H,8H2,(H2,18,19,21)/t11-/m0/s1. The number of thiophene rings is 1. The first-order valence-electron chi connectivity index (χ1n) is 6.30. The highest BCUT2D eigenvalue weighted by Crippen LogP contribution is 2.29. The van der Waals surface area contributed by atoms with Crippen molar-refractivity contribution in [1.82, 2.24) is 5.32 Å². The lowest BCUT2D eigenvalue weighted by Gasteiger charge is -2.14.